The first-order valence-corrected chi connectivity index (χ1v) is 6.67. The molecule has 1 aliphatic rings. The molecule has 1 nitrogen and oxygen atoms in total. The van der Waals surface area contributed by atoms with Crippen molar-refractivity contribution in [3.63, 3.8) is 0 Å². The summed E-state index contributed by atoms with van der Waals surface area (Å²) in [5, 5.41) is 0. The maximum absolute atomic E-state index is 5.29. The van der Waals surface area contributed by atoms with Crippen LogP contribution in [0, 0.1) is 0 Å². The lowest BCUT2D eigenvalue weighted by molar-refractivity contribution is 0.131. The fourth-order valence-corrected chi connectivity index (χ4v) is 1.46. The van der Waals surface area contributed by atoms with Crippen LogP contribution in [0.1, 0.15) is 12.8 Å². The Morgan fingerprint density at radius 1 is 1.56 bits per heavy atom. The summed E-state index contributed by atoms with van der Waals surface area (Å²) in [4.78, 5) is 1.97. The Morgan fingerprint density at radius 3 is 2.44 bits per heavy atom. The molecule has 0 amide bonds. The Bertz CT molecular complexity index is 53.0. The molecule has 0 aromatic rings. The van der Waals surface area contributed by atoms with E-state index < -0.39 is 0 Å². The highest BCUT2D eigenvalue weighted by Gasteiger charge is 2.12. The quantitative estimate of drug-likeness (QED) is 0.520. The summed E-state index contributed by atoms with van der Waals surface area (Å²) in [5.74, 6) is 0. The lowest BCUT2D eigenvalue weighted by atomic mass is 10.3. The first kappa shape index (κ1) is 10.4. The van der Waals surface area contributed by atoms with Gasteiger partial charge in [0.1, 0.15) is 0 Å². The molecule has 1 saturated heterocycles. The van der Waals surface area contributed by atoms with Crippen LogP contribution in [0.15, 0.2) is 0 Å². The number of halogens is 2. The van der Waals surface area contributed by atoms with Gasteiger partial charge in [0.25, 0.3) is 0 Å². The summed E-state index contributed by atoms with van der Waals surface area (Å²) in [6.45, 7) is 0.994. The summed E-state index contributed by atoms with van der Waals surface area (Å²) in [6, 6.07) is 0. The van der Waals surface area contributed by atoms with Gasteiger partial charge in [-0.2, -0.15) is 0 Å². The second kappa shape index (κ2) is 7.53. The predicted octanol–water partition coefficient (Wildman–Crippen LogP) is 2.65. The van der Waals surface area contributed by atoms with Crippen LogP contribution in [0.4, 0.5) is 0 Å². The van der Waals surface area contributed by atoms with Crippen molar-refractivity contribution in [2.75, 3.05) is 16.0 Å². The Morgan fingerprint density at radius 2 is 2.22 bits per heavy atom. The zero-order chi connectivity index (χ0) is 7.11. The van der Waals surface area contributed by atoms with Crippen LogP contribution in [0.3, 0.4) is 0 Å². The molecule has 1 heterocycles. The minimum atomic E-state index is 0.584. The van der Waals surface area contributed by atoms with Gasteiger partial charge in [-0.15, -0.1) is 0 Å². The molecule has 0 aromatic heterocycles. The normalized spacial score (nSPS) is 25.0. The summed E-state index contributed by atoms with van der Waals surface area (Å²) in [6.07, 6.45) is 3.14. The molecule has 9 heavy (non-hydrogen) atoms. The van der Waals surface area contributed by atoms with E-state index in [1.165, 1.54) is 12.8 Å². The summed E-state index contributed by atoms with van der Waals surface area (Å²) < 4.78 is 6.46. The van der Waals surface area contributed by atoms with Gasteiger partial charge in [0.05, 0.1) is 6.10 Å². The molecule has 3 heteroatoms. The Kier molecular flexibility index (Phi) is 8.71. The third-order valence-corrected chi connectivity index (χ3v) is 2.18. The summed E-state index contributed by atoms with van der Waals surface area (Å²) in [5.41, 5.74) is 0. The Balaban J connectivity index is 0.000000291. The van der Waals surface area contributed by atoms with Gasteiger partial charge in [-0.25, -0.2) is 0 Å². The Hall–Kier alpha value is 1.42. The van der Waals surface area contributed by atoms with E-state index in [1.807, 2.05) is 4.93 Å². The molecule has 0 radical (unpaired) electrons. The molecular weight excluding hydrogens is 342 g/mol. The zero-order valence-electron chi connectivity index (χ0n) is 5.57. The molecule has 0 aliphatic carbocycles. The Labute approximate surface area is 84.2 Å². The first-order valence-electron chi connectivity index (χ1n) is 2.99. The van der Waals surface area contributed by atoms with Crippen LogP contribution < -0.4 is 0 Å². The number of rotatable bonds is 1. The van der Waals surface area contributed by atoms with E-state index in [1.54, 1.807) is 0 Å². The molecule has 0 aromatic carbocycles. The second-order valence-corrected chi connectivity index (χ2v) is 2.67. The van der Waals surface area contributed by atoms with Gasteiger partial charge in [0.15, 0.2) is 0 Å². The van der Waals surface area contributed by atoms with E-state index in [-0.39, 0.29) is 0 Å². The van der Waals surface area contributed by atoms with Crippen molar-refractivity contribution in [3.05, 3.63) is 0 Å². The van der Waals surface area contributed by atoms with Gasteiger partial charge in [0.2, 0.25) is 0 Å². The standard InChI is InChI=1S/C5H9IO.CH3I/c6-4-5-2-1-3-7-5;1-2/h5H,1-4H2;1H3. The lowest BCUT2D eigenvalue weighted by Gasteiger charge is -2.00. The molecule has 0 saturated carbocycles. The van der Waals surface area contributed by atoms with Crippen LogP contribution >= 0.6 is 45.2 Å². The van der Waals surface area contributed by atoms with Crippen LogP contribution in [0.2, 0.25) is 0 Å². The highest BCUT2D eigenvalue weighted by molar-refractivity contribution is 14.1. The third kappa shape index (κ3) is 4.78. The smallest absolute Gasteiger partial charge is 0.0665 e. The van der Waals surface area contributed by atoms with Crippen LogP contribution in [-0.2, 0) is 4.74 Å². The average Bonchev–Trinajstić information content (AvgIpc) is 2.43. The van der Waals surface area contributed by atoms with Gasteiger partial charge in [-0.05, 0) is 17.8 Å². The minimum absolute atomic E-state index is 0.584. The monoisotopic (exact) mass is 354 g/mol. The molecule has 1 rings (SSSR count). The van der Waals surface area contributed by atoms with Gasteiger partial charge >= 0.3 is 0 Å². The summed E-state index contributed by atoms with van der Waals surface area (Å²) >= 11 is 4.51. The van der Waals surface area contributed by atoms with Gasteiger partial charge in [0, 0.05) is 11.0 Å². The van der Waals surface area contributed by atoms with E-state index in [4.69, 9.17) is 4.74 Å². The first-order chi connectivity index (χ1) is 4.43. The maximum Gasteiger partial charge on any atom is 0.0665 e. The lowest BCUT2D eigenvalue weighted by Crippen LogP contribution is -2.04. The van der Waals surface area contributed by atoms with Crippen molar-refractivity contribution in [1.29, 1.82) is 0 Å². The van der Waals surface area contributed by atoms with Crippen molar-refractivity contribution in [1.82, 2.24) is 0 Å². The SMILES string of the molecule is CI.ICC1CCCO1. The molecule has 1 unspecified atom stereocenters. The van der Waals surface area contributed by atoms with Gasteiger partial charge in [-0.1, -0.05) is 45.2 Å². The van der Waals surface area contributed by atoms with Crippen LogP contribution in [-0.4, -0.2) is 22.1 Å². The van der Waals surface area contributed by atoms with E-state index in [0.717, 1.165) is 11.0 Å². The molecule has 1 atom stereocenters. The van der Waals surface area contributed by atoms with Crippen LogP contribution in [0.25, 0.3) is 0 Å². The fraction of sp³-hybridized carbons (Fsp3) is 1.00. The van der Waals surface area contributed by atoms with Crippen molar-refractivity contribution in [2.24, 2.45) is 0 Å². The number of hydrogen-bond acceptors (Lipinski definition) is 1. The molecule has 56 valence electrons. The second-order valence-electron chi connectivity index (χ2n) is 1.79. The van der Waals surface area contributed by atoms with Crippen molar-refractivity contribution in [3.8, 4) is 0 Å². The highest BCUT2D eigenvalue weighted by Crippen LogP contribution is 2.13. The van der Waals surface area contributed by atoms with E-state index in [9.17, 15) is 0 Å². The number of alkyl halides is 2. The molecule has 1 fully saturated rings. The largest absolute Gasteiger partial charge is 0.377 e. The minimum Gasteiger partial charge on any atom is -0.377 e. The van der Waals surface area contributed by atoms with E-state index in [2.05, 4.69) is 45.2 Å². The molecule has 0 spiro atoms. The molecular formula is C6H12I2O. The zero-order valence-corrected chi connectivity index (χ0v) is 9.88. The predicted molar refractivity (Wildman–Crippen MR) is 57.8 cm³/mol. The van der Waals surface area contributed by atoms with E-state index in [0.29, 0.717) is 6.10 Å². The van der Waals surface area contributed by atoms with Gasteiger partial charge < -0.3 is 4.74 Å². The van der Waals surface area contributed by atoms with Gasteiger partial charge in [-0.3, -0.25) is 0 Å². The molecule has 0 bridgehead atoms. The number of ether oxygens (including phenoxy) is 1. The van der Waals surface area contributed by atoms with Crippen LogP contribution in [0.5, 0.6) is 0 Å². The topological polar surface area (TPSA) is 9.23 Å². The highest BCUT2D eigenvalue weighted by atomic mass is 127. The van der Waals surface area contributed by atoms with E-state index >= 15 is 0 Å². The fourth-order valence-electron chi connectivity index (χ4n) is 0.766. The number of hydrogen-bond donors (Lipinski definition) is 0. The maximum atomic E-state index is 5.29. The van der Waals surface area contributed by atoms with Crippen molar-refractivity contribution < 1.29 is 4.74 Å². The van der Waals surface area contributed by atoms with Crippen molar-refractivity contribution >= 4 is 45.2 Å². The molecule has 1 aliphatic heterocycles. The summed E-state index contributed by atoms with van der Waals surface area (Å²) in [7, 11) is 0. The molecule has 0 N–H and O–H groups in total. The average molecular weight is 354 g/mol. The third-order valence-electron chi connectivity index (χ3n) is 1.20. The van der Waals surface area contributed by atoms with Crippen molar-refractivity contribution in [2.45, 2.75) is 18.9 Å².